The largest absolute Gasteiger partial charge is 0.360 e. The Morgan fingerprint density at radius 2 is 1.97 bits per heavy atom. The van der Waals surface area contributed by atoms with Crippen LogP contribution in [0.5, 0.6) is 0 Å². The van der Waals surface area contributed by atoms with Crippen LogP contribution in [0, 0.1) is 11.6 Å². The predicted octanol–water partition coefficient (Wildman–Crippen LogP) is 4.12. The van der Waals surface area contributed by atoms with Gasteiger partial charge in [0.1, 0.15) is 17.5 Å². The molecule has 1 unspecified atom stereocenters. The Bertz CT molecular complexity index is 1340. The van der Waals surface area contributed by atoms with Crippen LogP contribution < -0.4 is 5.32 Å². The topological polar surface area (TPSA) is 83.8 Å². The lowest BCUT2D eigenvalue weighted by atomic mass is 10.1. The van der Waals surface area contributed by atoms with Crippen molar-refractivity contribution in [1.82, 2.24) is 29.3 Å². The average Bonchev–Trinajstić information content (AvgIpc) is 3.35. The van der Waals surface area contributed by atoms with Crippen LogP contribution in [0.15, 0.2) is 55.2 Å². The van der Waals surface area contributed by atoms with Crippen molar-refractivity contribution in [3.05, 3.63) is 72.6 Å². The molecule has 0 bridgehead atoms. The molecule has 4 heterocycles. The van der Waals surface area contributed by atoms with Crippen LogP contribution >= 0.6 is 0 Å². The minimum absolute atomic E-state index is 0.140. The number of halogens is 2. The first-order chi connectivity index (χ1) is 14.1. The summed E-state index contributed by atoms with van der Waals surface area (Å²) in [7, 11) is 0. The summed E-state index contributed by atoms with van der Waals surface area (Å²) >= 11 is 0. The second-order valence-corrected chi connectivity index (χ2v) is 6.57. The predicted molar refractivity (Wildman–Crippen MR) is 104 cm³/mol. The van der Waals surface area contributed by atoms with Crippen molar-refractivity contribution < 1.29 is 8.78 Å². The van der Waals surface area contributed by atoms with E-state index in [1.165, 1.54) is 18.7 Å². The van der Waals surface area contributed by atoms with E-state index >= 15 is 0 Å². The van der Waals surface area contributed by atoms with Crippen molar-refractivity contribution in [2.75, 3.05) is 5.32 Å². The number of H-pyrrole nitrogens is 1. The third kappa shape index (κ3) is 2.78. The van der Waals surface area contributed by atoms with Gasteiger partial charge in [-0.3, -0.25) is 4.40 Å². The summed E-state index contributed by atoms with van der Waals surface area (Å²) in [5.41, 5.74) is 2.99. The van der Waals surface area contributed by atoms with Crippen molar-refractivity contribution in [3.63, 3.8) is 0 Å². The first kappa shape index (κ1) is 17.2. The number of nitrogens with one attached hydrogen (secondary N) is 2. The van der Waals surface area contributed by atoms with Crippen LogP contribution in [0.25, 0.3) is 28.1 Å². The van der Waals surface area contributed by atoms with Gasteiger partial charge in [0.2, 0.25) is 0 Å². The van der Waals surface area contributed by atoms with Crippen molar-refractivity contribution >= 4 is 22.6 Å². The molecule has 0 amide bonds. The minimum Gasteiger partial charge on any atom is -0.360 e. The molecule has 4 aromatic heterocycles. The van der Waals surface area contributed by atoms with E-state index in [2.05, 4.69) is 30.2 Å². The lowest BCUT2D eigenvalue weighted by molar-refractivity contribution is 0.510. The molecule has 0 radical (unpaired) electrons. The zero-order valence-corrected chi connectivity index (χ0v) is 15.3. The van der Waals surface area contributed by atoms with Gasteiger partial charge < -0.3 is 10.3 Å². The fraction of sp³-hybridized carbons (Fsp3) is 0.100. The molecule has 7 nitrogen and oxygen atoms in total. The molecule has 0 saturated carbocycles. The van der Waals surface area contributed by atoms with E-state index in [0.29, 0.717) is 34.0 Å². The number of hydrogen-bond acceptors (Lipinski definition) is 5. The summed E-state index contributed by atoms with van der Waals surface area (Å²) < 4.78 is 30.3. The summed E-state index contributed by atoms with van der Waals surface area (Å²) in [4.78, 5) is 20.2. The van der Waals surface area contributed by atoms with Crippen molar-refractivity contribution in [2.45, 2.75) is 13.0 Å². The highest BCUT2D eigenvalue weighted by atomic mass is 19.2. The molecule has 0 saturated heterocycles. The number of benzene rings is 1. The van der Waals surface area contributed by atoms with Crippen LogP contribution in [0.2, 0.25) is 0 Å². The summed E-state index contributed by atoms with van der Waals surface area (Å²) in [6, 6.07) is 9.23. The Morgan fingerprint density at radius 3 is 2.86 bits per heavy atom. The number of pyridine rings is 1. The second-order valence-electron chi connectivity index (χ2n) is 6.57. The zero-order chi connectivity index (χ0) is 20.0. The van der Waals surface area contributed by atoms with Crippen LogP contribution in [0.3, 0.4) is 0 Å². The van der Waals surface area contributed by atoms with E-state index in [0.717, 1.165) is 6.07 Å². The number of hydrogen-bond donors (Lipinski definition) is 2. The highest BCUT2D eigenvalue weighted by Crippen LogP contribution is 2.33. The Kier molecular flexibility index (Phi) is 3.94. The van der Waals surface area contributed by atoms with Gasteiger partial charge in [-0.15, -0.1) is 0 Å². The molecule has 144 valence electrons. The molecular weight excluding hydrogens is 376 g/mol. The fourth-order valence-electron chi connectivity index (χ4n) is 3.42. The molecule has 5 aromatic rings. The van der Waals surface area contributed by atoms with Gasteiger partial charge in [0.15, 0.2) is 23.1 Å². The highest BCUT2D eigenvalue weighted by Gasteiger charge is 2.23. The van der Waals surface area contributed by atoms with Gasteiger partial charge >= 0.3 is 0 Å². The Balaban J connectivity index is 1.66. The molecule has 1 aromatic carbocycles. The summed E-state index contributed by atoms with van der Waals surface area (Å²) in [6.45, 7) is 1.88. The standard InChI is InChI=1S/C20H15F2N7/c1-11(27-20-17-19(24-9-23-17)25-10-26-20)16-18(12-5-4-6-13(21)15(12)22)29-8-3-2-7-14(29)28-16/h2-11H,1H3,(H2,23,24,25,26,27). The smallest absolute Gasteiger partial charge is 0.182 e. The van der Waals surface area contributed by atoms with Gasteiger partial charge in [-0.1, -0.05) is 12.1 Å². The van der Waals surface area contributed by atoms with Crippen LogP contribution in [-0.2, 0) is 0 Å². The molecule has 5 rings (SSSR count). The molecular formula is C20H15F2N7. The summed E-state index contributed by atoms with van der Waals surface area (Å²) in [6.07, 6.45) is 4.72. The molecule has 29 heavy (non-hydrogen) atoms. The molecule has 1 atom stereocenters. The quantitative estimate of drug-likeness (QED) is 0.482. The van der Waals surface area contributed by atoms with Crippen LogP contribution in [0.4, 0.5) is 14.6 Å². The van der Waals surface area contributed by atoms with E-state index < -0.39 is 11.6 Å². The number of rotatable bonds is 4. The molecule has 2 N–H and O–H groups in total. The maximum atomic E-state index is 14.7. The van der Waals surface area contributed by atoms with Crippen molar-refractivity contribution in [3.8, 4) is 11.3 Å². The lowest BCUT2D eigenvalue weighted by Crippen LogP contribution is -2.11. The third-order valence-corrected chi connectivity index (χ3v) is 4.75. The Morgan fingerprint density at radius 1 is 1.07 bits per heavy atom. The first-order valence-electron chi connectivity index (χ1n) is 8.95. The van der Waals surface area contributed by atoms with Gasteiger partial charge in [-0.05, 0) is 31.2 Å². The number of imidazole rings is 2. The van der Waals surface area contributed by atoms with E-state index in [1.807, 2.05) is 25.1 Å². The monoisotopic (exact) mass is 391 g/mol. The zero-order valence-electron chi connectivity index (χ0n) is 15.3. The van der Waals surface area contributed by atoms with Gasteiger partial charge in [0, 0.05) is 11.8 Å². The molecule has 0 aliphatic carbocycles. The number of fused-ring (bicyclic) bond motifs is 2. The van der Waals surface area contributed by atoms with Crippen LogP contribution in [0.1, 0.15) is 18.7 Å². The van der Waals surface area contributed by atoms with Gasteiger partial charge in [-0.2, -0.15) is 0 Å². The molecule has 0 spiro atoms. The van der Waals surface area contributed by atoms with Gasteiger partial charge in [-0.25, -0.2) is 28.7 Å². The van der Waals surface area contributed by atoms with Gasteiger partial charge in [0.25, 0.3) is 0 Å². The normalized spacial score (nSPS) is 12.5. The summed E-state index contributed by atoms with van der Waals surface area (Å²) in [5.74, 6) is -1.28. The highest BCUT2D eigenvalue weighted by molar-refractivity contribution is 5.82. The van der Waals surface area contributed by atoms with Crippen molar-refractivity contribution in [2.24, 2.45) is 0 Å². The number of aromatic amines is 1. The minimum atomic E-state index is -0.912. The van der Waals surface area contributed by atoms with E-state index in [1.54, 1.807) is 16.7 Å². The maximum absolute atomic E-state index is 14.7. The molecule has 0 fully saturated rings. The molecule has 0 aliphatic heterocycles. The number of nitrogens with zero attached hydrogens (tertiary/aromatic N) is 5. The van der Waals surface area contributed by atoms with Crippen LogP contribution in [-0.4, -0.2) is 29.3 Å². The third-order valence-electron chi connectivity index (χ3n) is 4.75. The van der Waals surface area contributed by atoms with Crippen molar-refractivity contribution in [1.29, 1.82) is 0 Å². The second kappa shape index (κ2) is 6.62. The first-order valence-corrected chi connectivity index (χ1v) is 8.95. The summed E-state index contributed by atoms with van der Waals surface area (Å²) in [5, 5.41) is 3.28. The Labute approximate surface area is 163 Å². The number of anilines is 1. The average molecular weight is 391 g/mol. The maximum Gasteiger partial charge on any atom is 0.182 e. The Hall–Kier alpha value is -3.88. The SMILES string of the molecule is CC(Nc1ncnc2nc[nH]c12)c1nc2ccccn2c1-c1cccc(F)c1F. The lowest BCUT2D eigenvalue weighted by Gasteiger charge is -2.15. The van der Waals surface area contributed by atoms with E-state index in [4.69, 9.17) is 0 Å². The fourth-order valence-corrected chi connectivity index (χ4v) is 3.42. The van der Waals surface area contributed by atoms with Gasteiger partial charge in [0.05, 0.1) is 23.8 Å². The van der Waals surface area contributed by atoms with E-state index in [-0.39, 0.29) is 11.6 Å². The molecule has 0 aliphatic rings. The van der Waals surface area contributed by atoms with E-state index in [9.17, 15) is 8.78 Å². The number of aromatic nitrogens is 6. The molecule has 9 heteroatoms.